The minimum atomic E-state index is -0.765. The van der Waals surface area contributed by atoms with Crippen LogP contribution in [0.3, 0.4) is 0 Å². The summed E-state index contributed by atoms with van der Waals surface area (Å²) in [6, 6.07) is -0.141. The molecule has 4 nitrogen and oxygen atoms in total. The number of aliphatic carboxylic acids is 1. The first-order valence-corrected chi connectivity index (χ1v) is 7.21. The molecule has 2 aliphatic carbocycles. The van der Waals surface area contributed by atoms with E-state index in [1.807, 2.05) is 0 Å². The molecule has 2 atom stereocenters. The summed E-state index contributed by atoms with van der Waals surface area (Å²) in [6.45, 7) is 0. The third kappa shape index (κ3) is 3.24. The average Bonchev–Trinajstić information content (AvgIpc) is 2.63. The van der Waals surface area contributed by atoms with Crippen molar-refractivity contribution >= 4 is 11.9 Å². The van der Waals surface area contributed by atoms with Gasteiger partial charge in [0.25, 0.3) is 0 Å². The van der Waals surface area contributed by atoms with Crippen molar-refractivity contribution in [3.8, 4) is 0 Å². The molecule has 0 heterocycles. The maximum Gasteiger partial charge on any atom is 0.308 e. The molecule has 2 saturated carbocycles. The van der Waals surface area contributed by atoms with E-state index in [-0.39, 0.29) is 23.8 Å². The first kappa shape index (κ1) is 13.4. The number of carboxylic acids is 1. The van der Waals surface area contributed by atoms with Crippen LogP contribution in [-0.4, -0.2) is 23.0 Å². The maximum atomic E-state index is 12.2. The molecule has 0 aliphatic heterocycles. The first-order valence-electron chi connectivity index (χ1n) is 7.21. The standard InChI is InChI=1S/C14H23NO3/c16-13(10-6-3-1-2-4-7-10)15-12-9-5-8-11(12)14(17)18/h10-12H,1-9H2,(H,15,16)(H,17,18)/t11-,12+/m1/s1. The lowest BCUT2D eigenvalue weighted by atomic mass is 9.97. The molecule has 1 amide bonds. The number of amides is 1. The van der Waals surface area contributed by atoms with Gasteiger partial charge in [-0.1, -0.05) is 32.1 Å². The van der Waals surface area contributed by atoms with E-state index in [2.05, 4.69) is 5.32 Å². The van der Waals surface area contributed by atoms with Crippen LogP contribution in [-0.2, 0) is 9.59 Å². The SMILES string of the molecule is O=C(N[C@H]1CCC[C@H]1C(=O)O)C1CCCCCC1. The van der Waals surface area contributed by atoms with Crippen LogP contribution in [0.2, 0.25) is 0 Å². The molecule has 18 heavy (non-hydrogen) atoms. The normalized spacial score (nSPS) is 29.8. The lowest BCUT2D eigenvalue weighted by Gasteiger charge is -2.21. The summed E-state index contributed by atoms with van der Waals surface area (Å²) in [5, 5.41) is 12.1. The summed E-state index contributed by atoms with van der Waals surface area (Å²) in [5.74, 6) is -0.934. The molecule has 0 saturated heterocycles. The molecular weight excluding hydrogens is 230 g/mol. The summed E-state index contributed by atoms with van der Waals surface area (Å²) in [7, 11) is 0. The quantitative estimate of drug-likeness (QED) is 0.759. The van der Waals surface area contributed by atoms with Crippen LogP contribution in [0.4, 0.5) is 0 Å². The predicted molar refractivity (Wildman–Crippen MR) is 68.1 cm³/mol. The fourth-order valence-corrected chi connectivity index (χ4v) is 3.27. The molecule has 2 fully saturated rings. The first-order chi connectivity index (χ1) is 8.68. The van der Waals surface area contributed by atoms with Crippen molar-refractivity contribution in [2.75, 3.05) is 0 Å². The monoisotopic (exact) mass is 253 g/mol. The molecule has 2 N–H and O–H groups in total. The van der Waals surface area contributed by atoms with Crippen molar-refractivity contribution < 1.29 is 14.7 Å². The van der Waals surface area contributed by atoms with E-state index in [9.17, 15) is 9.59 Å². The van der Waals surface area contributed by atoms with Crippen LogP contribution in [0, 0.1) is 11.8 Å². The van der Waals surface area contributed by atoms with Gasteiger partial charge >= 0.3 is 5.97 Å². The van der Waals surface area contributed by atoms with Gasteiger partial charge < -0.3 is 10.4 Å². The molecule has 0 unspecified atom stereocenters. The Kier molecular flexibility index (Phi) is 4.61. The summed E-state index contributed by atoms with van der Waals surface area (Å²) in [6.07, 6.45) is 9.08. The van der Waals surface area contributed by atoms with Gasteiger partial charge in [0.05, 0.1) is 5.92 Å². The molecule has 0 spiro atoms. The van der Waals surface area contributed by atoms with Crippen LogP contribution >= 0.6 is 0 Å². The van der Waals surface area contributed by atoms with Crippen LogP contribution in [0.5, 0.6) is 0 Å². The van der Waals surface area contributed by atoms with E-state index < -0.39 is 5.97 Å². The fraction of sp³-hybridized carbons (Fsp3) is 0.857. The van der Waals surface area contributed by atoms with E-state index >= 15 is 0 Å². The molecule has 0 aromatic carbocycles. The van der Waals surface area contributed by atoms with Gasteiger partial charge in [-0.05, 0) is 25.7 Å². The molecule has 0 radical (unpaired) electrons. The molecular formula is C14H23NO3. The maximum absolute atomic E-state index is 12.2. The van der Waals surface area contributed by atoms with Crippen molar-refractivity contribution in [1.82, 2.24) is 5.32 Å². The zero-order chi connectivity index (χ0) is 13.0. The highest BCUT2D eigenvalue weighted by Gasteiger charge is 2.35. The van der Waals surface area contributed by atoms with E-state index in [1.165, 1.54) is 12.8 Å². The van der Waals surface area contributed by atoms with Crippen LogP contribution < -0.4 is 5.32 Å². The van der Waals surface area contributed by atoms with E-state index in [1.54, 1.807) is 0 Å². The predicted octanol–water partition coefficient (Wildman–Crippen LogP) is 2.33. The van der Waals surface area contributed by atoms with Crippen molar-refractivity contribution in [1.29, 1.82) is 0 Å². The van der Waals surface area contributed by atoms with Crippen molar-refractivity contribution in [3.63, 3.8) is 0 Å². The number of hydrogen-bond donors (Lipinski definition) is 2. The lowest BCUT2D eigenvalue weighted by molar-refractivity contribution is -0.142. The summed E-state index contributed by atoms with van der Waals surface area (Å²) < 4.78 is 0. The van der Waals surface area contributed by atoms with Gasteiger partial charge in [0.15, 0.2) is 0 Å². The van der Waals surface area contributed by atoms with Gasteiger partial charge in [-0.15, -0.1) is 0 Å². The van der Waals surface area contributed by atoms with E-state index in [0.717, 1.165) is 38.5 Å². The second-order valence-corrected chi connectivity index (χ2v) is 5.68. The van der Waals surface area contributed by atoms with Gasteiger partial charge in [-0.2, -0.15) is 0 Å². The number of carbonyl (C=O) groups excluding carboxylic acids is 1. The van der Waals surface area contributed by atoms with E-state index in [4.69, 9.17) is 5.11 Å². The second-order valence-electron chi connectivity index (χ2n) is 5.68. The van der Waals surface area contributed by atoms with Gasteiger partial charge in [0, 0.05) is 12.0 Å². The van der Waals surface area contributed by atoms with Gasteiger partial charge in [-0.3, -0.25) is 9.59 Å². The third-order valence-electron chi connectivity index (χ3n) is 4.39. The fourth-order valence-electron chi connectivity index (χ4n) is 3.27. The van der Waals surface area contributed by atoms with Gasteiger partial charge in [-0.25, -0.2) is 0 Å². The summed E-state index contributed by atoms with van der Waals surface area (Å²) in [4.78, 5) is 23.2. The molecule has 0 aromatic rings. The topological polar surface area (TPSA) is 66.4 Å². The molecule has 102 valence electrons. The molecule has 4 heteroatoms. The smallest absolute Gasteiger partial charge is 0.308 e. The van der Waals surface area contributed by atoms with Crippen molar-refractivity contribution in [2.24, 2.45) is 11.8 Å². The Bertz CT molecular complexity index is 308. The third-order valence-corrected chi connectivity index (χ3v) is 4.39. The minimum Gasteiger partial charge on any atom is -0.481 e. The molecule has 0 aromatic heterocycles. The van der Waals surface area contributed by atoms with Crippen LogP contribution in [0.25, 0.3) is 0 Å². The largest absolute Gasteiger partial charge is 0.481 e. The Morgan fingerprint density at radius 3 is 2.17 bits per heavy atom. The zero-order valence-electron chi connectivity index (χ0n) is 10.9. The van der Waals surface area contributed by atoms with Gasteiger partial charge in [0.2, 0.25) is 5.91 Å². The highest BCUT2D eigenvalue weighted by molar-refractivity contribution is 5.80. The summed E-state index contributed by atoms with van der Waals surface area (Å²) >= 11 is 0. The van der Waals surface area contributed by atoms with Gasteiger partial charge in [0.1, 0.15) is 0 Å². The van der Waals surface area contributed by atoms with Crippen molar-refractivity contribution in [2.45, 2.75) is 63.8 Å². The zero-order valence-corrected chi connectivity index (χ0v) is 10.9. The van der Waals surface area contributed by atoms with Crippen molar-refractivity contribution in [3.05, 3.63) is 0 Å². The Morgan fingerprint density at radius 2 is 1.56 bits per heavy atom. The Labute approximate surface area is 108 Å². The highest BCUT2D eigenvalue weighted by atomic mass is 16.4. The Morgan fingerprint density at radius 1 is 0.889 bits per heavy atom. The number of carbonyl (C=O) groups is 2. The van der Waals surface area contributed by atoms with E-state index in [0.29, 0.717) is 6.42 Å². The molecule has 2 rings (SSSR count). The number of carboxylic acid groups (broad SMARTS) is 1. The van der Waals surface area contributed by atoms with Crippen LogP contribution in [0.1, 0.15) is 57.8 Å². The average molecular weight is 253 g/mol. The molecule has 2 aliphatic rings. The highest BCUT2D eigenvalue weighted by Crippen LogP contribution is 2.28. The minimum absolute atomic E-state index is 0.0926. The number of nitrogens with one attached hydrogen (secondary N) is 1. The summed E-state index contributed by atoms with van der Waals surface area (Å²) in [5.41, 5.74) is 0. The lowest BCUT2D eigenvalue weighted by Crippen LogP contribution is -2.42. The Hall–Kier alpha value is -1.06. The second kappa shape index (κ2) is 6.21. The number of rotatable bonds is 3. The molecule has 0 bridgehead atoms. The number of hydrogen-bond acceptors (Lipinski definition) is 2. The Balaban J connectivity index is 1.87. The van der Waals surface area contributed by atoms with Crippen LogP contribution in [0.15, 0.2) is 0 Å².